The fourth-order valence-electron chi connectivity index (χ4n) is 2.98. The predicted octanol–water partition coefficient (Wildman–Crippen LogP) is 6.69. The van der Waals surface area contributed by atoms with E-state index in [0.717, 1.165) is 17.1 Å². The second-order valence-electron chi connectivity index (χ2n) is 5.82. The number of alkyl halides is 3. The highest BCUT2D eigenvalue weighted by atomic mass is 32.1. The van der Waals surface area contributed by atoms with E-state index >= 15 is 0 Å². The summed E-state index contributed by atoms with van der Waals surface area (Å²) in [6, 6.07) is 19.7. The maximum absolute atomic E-state index is 13.1. The summed E-state index contributed by atoms with van der Waals surface area (Å²) in [6.07, 6.45) is -4.34. The fourth-order valence-corrected chi connectivity index (χ4v) is 4.07. The minimum absolute atomic E-state index is 0.128. The van der Waals surface area contributed by atoms with E-state index in [9.17, 15) is 13.2 Å². The van der Waals surface area contributed by atoms with Gasteiger partial charge in [0.05, 0.1) is 5.56 Å². The average Bonchev–Trinajstić information content (AvgIpc) is 2.97. The topological polar surface area (TPSA) is 12.0 Å². The molecule has 126 valence electrons. The van der Waals surface area contributed by atoms with Crippen molar-refractivity contribution in [3.05, 3.63) is 77.9 Å². The van der Waals surface area contributed by atoms with Crippen LogP contribution < -0.4 is 5.32 Å². The van der Waals surface area contributed by atoms with Gasteiger partial charge in [-0.05, 0) is 35.9 Å². The molecule has 0 aliphatic heterocycles. The van der Waals surface area contributed by atoms with E-state index in [1.807, 2.05) is 30.3 Å². The van der Waals surface area contributed by atoms with Crippen molar-refractivity contribution in [2.45, 2.75) is 12.7 Å². The molecule has 0 radical (unpaired) electrons. The molecule has 1 aromatic heterocycles. The van der Waals surface area contributed by atoms with E-state index < -0.39 is 11.7 Å². The third-order valence-corrected chi connectivity index (χ3v) is 5.33. The van der Waals surface area contributed by atoms with Crippen LogP contribution in [0.3, 0.4) is 0 Å². The van der Waals surface area contributed by atoms with Gasteiger partial charge in [-0.25, -0.2) is 0 Å². The SMILES string of the molecule is FC(F)(F)c1ccccc1CNc1ccc2sc3ccccc3c2c1. The van der Waals surface area contributed by atoms with Crippen LogP contribution in [0, 0.1) is 0 Å². The van der Waals surface area contributed by atoms with E-state index in [2.05, 4.69) is 17.4 Å². The minimum atomic E-state index is -4.34. The number of nitrogens with one attached hydrogen (secondary N) is 1. The zero-order chi connectivity index (χ0) is 17.4. The minimum Gasteiger partial charge on any atom is -0.381 e. The van der Waals surface area contributed by atoms with Crippen molar-refractivity contribution in [3.8, 4) is 0 Å². The van der Waals surface area contributed by atoms with Gasteiger partial charge in [-0.3, -0.25) is 0 Å². The normalized spacial score (nSPS) is 12.0. The van der Waals surface area contributed by atoms with Gasteiger partial charge in [0.2, 0.25) is 0 Å². The van der Waals surface area contributed by atoms with Gasteiger partial charge in [-0.1, -0.05) is 36.4 Å². The number of halogens is 3. The van der Waals surface area contributed by atoms with Crippen molar-refractivity contribution >= 4 is 37.2 Å². The Morgan fingerprint density at radius 3 is 2.36 bits per heavy atom. The molecular formula is C20H14F3NS. The van der Waals surface area contributed by atoms with Gasteiger partial charge in [-0.15, -0.1) is 11.3 Å². The van der Waals surface area contributed by atoms with E-state index in [0.29, 0.717) is 0 Å². The maximum atomic E-state index is 13.1. The Bertz CT molecular complexity index is 1050. The van der Waals surface area contributed by atoms with Gasteiger partial charge in [0.25, 0.3) is 0 Å². The molecule has 0 saturated heterocycles. The zero-order valence-electron chi connectivity index (χ0n) is 13.1. The molecule has 0 unspecified atom stereocenters. The third-order valence-electron chi connectivity index (χ3n) is 4.18. The van der Waals surface area contributed by atoms with Crippen LogP contribution in [0.1, 0.15) is 11.1 Å². The first kappa shape index (κ1) is 16.0. The van der Waals surface area contributed by atoms with E-state index in [1.54, 1.807) is 17.4 Å². The number of thiophene rings is 1. The second kappa shape index (κ2) is 6.08. The first-order valence-corrected chi connectivity index (χ1v) is 8.64. The summed E-state index contributed by atoms with van der Waals surface area (Å²) >= 11 is 1.71. The van der Waals surface area contributed by atoms with Gasteiger partial charge < -0.3 is 5.32 Å². The lowest BCUT2D eigenvalue weighted by molar-refractivity contribution is -0.138. The summed E-state index contributed by atoms with van der Waals surface area (Å²) in [6.45, 7) is 0.128. The quantitative estimate of drug-likeness (QED) is 0.431. The molecule has 0 bridgehead atoms. The van der Waals surface area contributed by atoms with E-state index in [1.165, 1.54) is 26.9 Å². The average molecular weight is 357 g/mol. The summed E-state index contributed by atoms with van der Waals surface area (Å²) < 4.78 is 41.6. The molecule has 5 heteroatoms. The lowest BCUT2D eigenvalue weighted by Crippen LogP contribution is -2.11. The number of hydrogen-bond acceptors (Lipinski definition) is 2. The Balaban J connectivity index is 1.65. The molecule has 0 saturated carbocycles. The van der Waals surface area contributed by atoms with E-state index in [4.69, 9.17) is 0 Å². The maximum Gasteiger partial charge on any atom is 0.416 e. The monoisotopic (exact) mass is 357 g/mol. The van der Waals surface area contributed by atoms with Crippen LogP contribution in [0.4, 0.5) is 18.9 Å². The van der Waals surface area contributed by atoms with Crippen LogP contribution in [-0.4, -0.2) is 0 Å². The molecule has 1 nitrogen and oxygen atoms in total. The molecule has 0 aliphatic rings. The Hall–Kier alpha value is -2.53. The van der Waals surface area contributed by atoms with Crippen LogP contribution >= 0.6 is 11.3 Å². The summed E-state index contributed by atoms with van der Waals surface area (Å²) in [4.78, 5) is 0. The highest BCUT2D eigenvalue weighted by Crippen LogP contribution is 2.36. The second-order valence-corrected chi connectivity index (χ2v) is 6.90. The molecular weight excluding hydrogens is 343 g/mol. The molecule has 1 heterocycles. The van der Waals surface area contributed by atoms with Gasteiger partial charge in [-0.2, -0.15) is 13.2 Å². The summed E-state index contributed by atoms with van der Waals surface area (Å²) in [5.41, 5.74) is 0.461. The summed E-state index contributed by atoms with van der Waals surface area (Å²) in [5, 5.41) is 5.41. The molecule has 1 N–H and O–H groups in total. The van der Waals surface area contributed by atoms with Crippen LogP contribution in [0.25, 0.3) is 20.2 Å². The summed E-state index contributed by atoms with van der Waals surface area (Å²) in [7, 11) is 0. The molecule has 4 rings (SSSR count). The zero-order valence-corrected chi connectivity index (χ0v) is 13.9. The molecule has 0 aliphatic carbocycles. The van der Waals surface area contributed by atoms with Crippen molar-refractivity contribution in [2.75, 3.05) is 5.32 Å². The largest absolute Gasteiger partial charge is 0.416 e. The molecule has 4 aromatic rings. The molecule has 3 aromatic carbocycles. The molecule has 0 fully saturated rings. The van der Waals surface area contributed by atoms with Crippen molar-refractivity contribution in [1.82, 2.24) is 0 Å². The van der Waals surface area contributed by atoms with E-state index in [-0.39, 0.29) is 12.1 Å². The first-order valence-electron chi connectivity index (χ1n) is 7.83. The van der Waals surface area contributed by atoms with Crippen molar-refractivity contribution < 1.29 is 13.2 Å². The lowest BCUT2D eigenvalue weighted by atomic mass is 10.1. The number of anilines is 1. The number of rotatable bonds is 3. The highest BCUT2D eigenvalue weighted by Gasteiger charge is 2.32. The molecule has 25 heavy (non-hydrogen) atoms. The van der Waals surface area contributed by atoms with Gasteiger partial charge in [0.15, 0.2) is 0 Å². The van der Waals surface area contributed by atoms with Crippen LogP contribution in [-0.2, 0) is 12.7 Å². The Morgan fingerprint density at radius 1 is 0.800 bits per heavy atom. The lowest BCUT2D eigenvalue weighted by Gasteiger charge is -2.14. The Kier molecular flexibility index (Phi) is 3.88. The molecule has 0 atom stereocenters. The van der Waals surface area contributed by atoms with Gasteiger partial charge in [0, 0.05) is 32.4 Å². The summed E-state index contributed by atoms with van der Waals surface area (Å²) in [5.74, 6) is 0. The van der Waals surface area contributed by atoms with Crippen molar-refractivity contribution in [2.24, 2.45) is 0 Å². The Labute approximate surface area is 146 Å². The number of hydrogen-bond donors (Lipinski definition) is 1. The van der Waals surface area contributed by atoms with Crippen LogP contribution in [0.5, 0.6) is 0 Å². The van der Waals surface area contributed by atoms with Crippen molar-refractivity contribution in [3.63, 3.8) is 0 Å². The predicted molar refractivity (Wildman–Crippen MR) is 98.1 cm³/mol. The third kappa shape index (κ3) is 3.07. The highest BCUT2D eigenvalue weighted by molar-refractivity contribution is 7.25. The molecule has 0 amide bonds. The van der Waals surface area contributed by atoms with Gasteiger partial charge in [0.1, 0.15) is 0 Å². The van der Waals surface area contributed by atoms with Gasteiger partial charge >= 0.3 is 6.18 Å². The molecule has 0 spiro atoms. The fraction of sp³-hybridized carbons (Fsp3) is 0.100. The standard InChI is InChI=1S/C20H14F3NS/c21-20(22,23)17-7-3-1-5-13(17)12-24-14-9-10-19-16(11-14)15-6-2-4-8-18(15)25-19/h1-11,24H,12H2. The van der Waals surface area contributed by atoms with Crippen molar-refractivity contribution in [1.29, 1.82) is 0 Å². The smallest absolute Gasteiger partial charge is 0.381 e. The first-order chi connectivity index (χ1) is 12.0. The van der Waals surface area contributed by atoms with Crippen LogP contribution in [0.15, 0.2) is 66.7 Å². The number of benzene rings is 3. The Morgan fingerprint density at radius 2 is 1.52 bits per heavy atom. The van der Waals surface area contributed by atoms with Crippen LogP contribution in [0.2, 0.25) is 0 Å². The number of fused-ring (bicyclic) bond motifs is 3.